The Morgan fingerprint density at radius 3 is 1.43 bits per heavy atom. The zero-order valence-electron chi connectivity index (χ0n) is 27.6. The van der Waals surface area contributed by atoms with Crippen LogP contribution in [0.5, 0.6) is 11.5 Å². The highest BCUT2D eigenvalue weighted by atomic mass is 31.1. The van der Waals surface area contributed by atoms with Crippen LogP contribution in [0.15, 0.2) is 158 Å². The monoisotopic (exact) mass is 674 g/mol. The third-order valence-corrected chi connectivity index (χ3v) is 15.6. The van der Waals surface area contributed by atoms with Crippen molar-refractivity contribution in [3.8, 4) is 11.5 Å². The maximum Gasteiger partial charge on any atom is 0.247 e. The summed E-state index contributed by atoms with van der Waals surface area (Å²) < 4.78 is 14.9. The van der Waals surface area contributed by atoms with Crippen LogP contribution < -0.4 is 41.3 Å². The van der Waals surface area contributed by atoms with Crippen molar-refractivity contribution in [1.29, 1.82) is 0 Å². The molecule has 0 N–H and O–H groups in total. The van der Waals surface area contributed by atoms with Crippen LogP contribution in [0.2, 0.25) is 0 Å². The molecule has 2 aliphatic heterocycles. The Morgan fingerprint density at radius 1 is 0.490 bits per heavy atom. The summed E-state index contributed by atoms with van der Waals surface area (Å²) in [6.45, 7) is 0. The van der Waals surface area contributed by atoms with Crippen LogP contribution in [0, 0.1) is 11.3 Å². The molecule has 1 aliphatic carbocycles. The molecule has 4 heteroatoms. The van der Waals surface area contributed by atoms with Gasteiger partial charge in [0.05, 0.1) is 0 Å². The van der Waals surface area contributed by atoms with Crippen LogP contribution in [-0.4, -0.2) is 6.29 Å². The van der Waals surface area contributed by atoms with Gasteiger partial charge < -0.3 is 9.47 Å². The molecule has 3 atom stereocenters. The number of ether oxygens (including phenoxy) is 2. The maximum absolute atomic E-state index is 7.48. The summed E-state index contributed by atoms with van der Waals surface area (Å²) in [5.74, 6) is 2.71. The molecule has 49 heavy (non-hydrogen) atoms. The van der Waals surface area contributed by atoms with E-state index in [1.807, 2.05) is 0 Å². The molecule has 6 aromatic carbocycles. The molecular formula is C45H40O2P2. The Balaban J connectivity index is 1.19. The quantitative estimate of drug-likeness (QED) is 0.166. The minimum Gasteiger partial charge on any atom is -0.453 e. The molecule has 2 heterocycles. The van der Waals surface area contributed by atoms with Crippen LogP contribution in [0.4, 0.5) is 0 Å². The molecular weight excluding hydrogens is 634 g/mol. The van der Waals surface area contributed by atoms with Crippen molar-refractivity contribution in [2.45, 2.75) is 44.8 Å². The summed E-state index contributed by atoms with van der Waals surface area (Å²) in [5, 5.41) is 7.92. The average Bonchev–Trinajstić information content (AvgIpc) is 3.15. The Kier molecular flexibility index (Phi) is 8.33. The Labute approximate surface area is 292 Å². The summed E-state index contributed by atoms with van der Waals surface area (Å²) in [4.78, 5) is 0. The van der Waals surface area contributed by atoms with Gasteiger partial charge in [-0.1, -0.05) is 171 Å². The van der Waals surface area contributed by atoms with E-state index in [2.05, 4.69) is 158 Å². The summed E-state index contributed by atoms with van der Waals surface area (Å²) in [6, 6.07) is 57.8. The van der Waals surface area contributed by atoms with E-state index in [1.54, 1.807) is 0 Å². The fourth-order valence-corrected chi connectivity index (χ4v) is 13.4. The number of rotatable bonds is 6. The van der Waals surface area contributed by atoms with Crippen LogP contribution in [0.3, 0.4) is 0 Å². The first-order chi connectivity index (χ1) is 24.3. The largest absolute Gasteiger partial charge is 0.453 e. The van der Waals surface area contributed by atoms with E-state index < -0.39 is 15.8 Å². The van der Waals surface area contributed by atoms with Crippen molar-refractivity contribution < 1.29 is 9.47 Å². The van der Waals surface area contributed by atoms with E-state index in [0.717, 1.165) is 37.2 Å². The number of benzene rings is 6. The van der Waals surface area contributed by atoms with Crippen LogP contribution in [-0.2, 0) is 12.8 Å². The number of hydrogen-bond donors (Lipinski definition) is 0. The second kappa shape index (κ2) is 13.2. The van der Waals surface area contributed by atoms with Gasteiger partial charge >= 0.3 is 0 Å². The fraction of sp³-hybridized carbons (Fsp3) is 0.200. The van der Waals surface area contributed by atoms with Gasteiger partial charge in [-0.2, -0.15) is 0 Å². The summed E-state index contributed by atoms with van der Waals surface area (Å²) in [6.07, 6.45) is 6.47. The zero-order chi connectivity index (χ0) is 32.6. The molecule has 2 nitrogen and oxygen atoms in total. The normalized spacial score (nSPS) is 20.9. The van der Waals surface area contributed by atoms with Gasteiger partial charge in [0.25, 0.3) is 0 Å². The first-order valence-corrected chi connectivity index (χ1v) is 20.3. The Bertz CT molecular complexity index is 1970. The first kappa shape index (κ1) is 30.8. The van der Waals surface area contributed by atoms with Gasteiger partial charge in [0.1, 0.15) is 11.5 Å². The molecule has 0 aromatic heterocycles. The van der Waals surface area contributed by atoms with Crippen LogP contribution in [0.25, 0.3) is 0 Å². The van der Waals surface area contributed by atoms with Crippen LogP contribution >= 0.6 is 15.8 Å². The predicted octanol–water partition coefficient (Wildman–Crippen LogP) is 8.28. The fourth-order valence-electron chi connectivity index (χ4n) is 8.56. The highest BCUT2D eigenvalue weighted by Gasteiger charge is 2.51. The molecule has 9 rings (SSSR count). The summed E-state index contributed by atoms with van der Waals surface area (Å²) >= 11 is 0. The van der Waals surface area contributed by atoms with Crippen molar-refractivity contribution >= 4 is 47.7 Å². The average molecular weight is 675 g/mol. The van der Waals surface area contributed by atoms with Crippen molar-refractivity contribution in [3.05, 3.63) is 169 Å². The Hall–Kier alpha value is -4.22. The van der Waals surface area contributed by atoms with Gasteiger partial charge in [-0.25, -0.2) is 0 Å². The van der Waals surface area contributed by atoms with Crippen molar-refractivity contribution in [2.24, 2.45) is 11.3 Å². The van der Waals surface area contributed by atoms with Crippen molar-refractivity contribution in [1.82, 2.24) is 0 Å². The van der Waals surface area contributed by atoms with Gasteiger partial charge in [-0.05, 0) is 79.8 Å². The van der Waals surface area contributed by atoms with E-state index in [1.165, 1.54) is 55.8 Å². The second-order valence-corrected chi connectivity index (χ2v) is 18.2. The number of hydrogen-bond acceptors (Lipinski definition) is 2. The van der Waals surface area contributed by atoms with Crippen molar-refractivity contribution in [3.63, 3.8) is 0 Å². The maximum atomic E-state index is 7.48. The van der Waals surface area contributed by atoms with E-state index in [-0.39, 0.29) is 11.7 Å². The zero-order valence-corrected chi connectivity index (χ0v) is 29.4. The van der Waals surface area contributed by atoms with Gasteiger partial charge in [0, 0.05) is 16.0 Å². The van der Waals surface area contributed by atoms with E-state index in [4.69, 9.17) is 9.47 Å². The molecule has 0 saturated heterocycles. The highest BCUT2D eigenvalue weighted by Crippen LogP contribution is 2.54. The molecule has 6 aromatic rings. The van der Waals surface area contributed by atoms with E-state index in [0.29, 0.717) is 5.92 Å². The summed E-state index contributed by atoms with van der Waals surface area (Å²) in [7, 11) is -1.65. The lowest BCUT2D eigenvalue weighted by atomic mass is 9.63. The molecule has 2 bridgehead atoms. The topological polar surface area (TPSA) is 18.5 Å². The minimum absolute atomic E-state index is 0.0517. The highest BCUT2D eigenvalue weighted by molar-refractivity contribution is 7.80. The van der Waals surface area contributed by atoms with E-state index >= 15 is 0 Å². The minimum atomic E-state index is -0.830. The molecule has 3 aliphatic rings. The lowest BCUT2D eigenvalue weighted by Crippen LogP contribution is -2.52. The molecule has 1 spiro atoms. The lowest BCUT2D eigenvalue weighted by molar-refractivity contribution is -0.134. The Morgan fingerprint density at radius 2 is 0.939 bits per heavy atom. The smallest absolute Gasteiger partial charge is 0.247 e. The SMILES string of the molecule is c1ccc(P(c2ccccc2)c2cccc3c2OC2Oc4c(cccc4P(c4ccccc4)c4ccccc4)C[C@@]24CCC[C@@H](C3)C4)cc1. The molecule has 1 saturated carbocycles. The molecule has 242 valence electrons. The van der Waals surface area contributed by atoms with Gasteiger partial charge in [0.15, 0.2) is 0 Å². The van der Waals surface area contributed by atoms with Gasteiger partial charge in [0.2, 0.25) is 6.29 Å². The number of fused-ring (bicyclic) bond motifs is 3. The molecule has 0 radical (unpaired) electrons. The van der Waals surface area contributed by atoms with E-state index in [9.17, 15) is 0 Å². The first-order valence-electron chi connectivity index (χ1n) is 17.6. The predicted molar refractivity (Wildman–Crippen MR) is 207 cm³/mol. The van der Waals surface area contributed by atoms with Crippen molar-refractivity contribution in [2.75, 3.05) is 0 Å². The molecule has 0 amide bonds. The van der Waals surface area contributed by atoms with Crippen LogP contribution in [0.1, 0.15) is 36.8 Å². The van der Waals surface area contributed by atoms with Gasteiger partial charge in [-0.3, -0.25) is 0 Å². The third kappa shape index (κ3) is 5.80. The standard InChI is InChI=1S/C45H40O2P2/c1-5-19-36(20-6-1)48(37-21-7-2-8-22-37)40-27-13-17-34-30-33-16-15-29-45(31-33)32-35-18-14-28-41(43(35)47-44(45)46-42(34)40)49(38-23-9-3-10-24-38)39-25-11-4-12-26-39/h1-14,17-28,33,44H,15-16,29-32H2/t33-,44?,45-/m0/s1. The lowest BCUT2D eigenvalue weighted by Gasteiger charge is -2.50. The second-order valence-electron chi connectivity index (χ2n) is 13.8. The summed E-state index contributed by atoms with van der Waals surface area (Å²) in [5.41, 5.74) is 2.61. The molecule has 1 fully saturated rings. The van der Waals surface area contributed by atoms with Gasteiger partial charge in [-0.15, -0.1) is 0 Å². The third-order valence-electron chi connectivity index (χ3n) is 10.7. The number of para-hydroxylation sites is 2. The molecule has 1 unspecified atom stereocenters.